The van der Waals surface area contributed by atoms with Gasteiger partial charge in [-0.25, -0.2) is 0 Å². The standard InChI is InChI=1S/C20H24N2O3S2/c23-18(22-8-3-4-14(12-22)20-24-9-10-25-20)17-15-5-11-26-13-16(15)27-19(17)21-6-1-2-7-21/h1-2,6-7,14,20H,3-5,8-13H2. The Hall–Kier alpha value is -1.28. The van der Waals surface area contributed by atoms with Gasteiger partial charge in [0.1, 0.15) is 5.00 Å². The summed E-state index contributed by atoms with van der Waals surface area (Å²) in [5, 5.41) is 1.08. The monoisotopic (exact) mass is 404 g/mol. The molecule has 5 heterocycles. The Morgan fingerprint density at radius 3 is 2.81 bits per heavy atom. The summed E-state index contributed by atoms with van der Waals surface area (Å²) in [5.41, 5.74) is 2.21. The van der Waals surface area contributed by atoms with Crippen LogP contribution in [-0.4, -0.2) is 53.7 Å². The van der Waals surface area contributed by atoms with Gasteiger partial charge in [-0.2, -0.15) is 11.8 Å². The molecule has 0 radical (unpaired) electrons. The SMILES string of the molecule is O=C(c1c(-n2cccc2)sc2c1CCSC2)N1CCCC(C2OCCO2)C1. The maximum absolute atomic E-state index is 13.6. The molecule has 0 saturated carbocycles. The third-order valence-electron chi connectivity index (χ3n) is 5.63. The predicted octanol–water partition coefficient (Wildman–Crippen LogP) is 3.55. The van der Waals surface area contributed by atoms with Gasteiger partial charge < -0.3 is 18.9 Å². The molecular formula is C20H24N2O3S2. The van der Waals surface area contributed by atoms with E-state index in [1.54, 1.807) is 11.3 Å². The summed E-state index contributed by atoms with van der Waals surface area (Å²) in [6.45, 7) is 2.89. The second kappa shape index (κ2) is 7.62. The van der Waals surface area contributed by atoms with Crippen LogP contribution in [0.25, 0.3) is 5.00 Å². The molecule has 5 rings (SSSR count). The van der Waals surface area contributed by atoms with E-state index >= 15 is 0 Å². The molecule has 2 fully saturated rings. The van der Waals surface area contributed by atoms with E-state index in [2.05, 4.69) is 4.57 Å². The molecule has 27 heavy (non-hydrogen) atoms. The molecule has 1 atom stereocenters. The second-order valence-corrected chi connectivity index (χ2v) is 9.53. The minimum atomic E-state index is -0.141. The number of amides is 1. The molecule has 7 heteroatoms. The maximum atomic E-state index is 13.6. The molecule has 2 aromatic rings. The normalized spacial score (nSPS) is 23.6. The van der Waals surface area contributed by atoms with Gasteiger partial charge >= 0.3 is 0 Å². The summed E-state index contributed by atoms with van der Waals surface area (Å²) in [4.78, 5) is 17.0. The summed E-state index contributed by atoms with van der Waals surface area (Å²) in [7, 11) is 0. The van der Waals surface area contributed by atoms with Crippen LogP contribution in [-0.2, 0) is 21.6 Å². The molecule has 144 valence electrons. The van der Waals surface area contributed by atoms with Gasteiger partial charge in [-0.15, -0.1) is 11.3 Å². The Kier molecular flexibility index (Phi) is 5.02. The molecule has 0 aliphatic carbocycles. The van der Waals surface area contributed by atoms with Crippen LogP contribution >= 0.6 is 23.1 Å². The first-order valence-electron chi connectivity index (χ1n) is 9.69. The van der Waals surface area contributed by atoms with Gasteiger partial charge in [-0.1, -0.05) is 0 Å². The molecule has 1 amide bonds. The van der Waals surface area contributed by atoms with Crippen LogP contribution in [0.3, 0.4) is 0 Å². The van der Waals surface area contributed by atoms with Crippen molar-refractivity contribution in [3.8, 4) is 5.00 Å². The number of aromatic nitrogens is 1. The molecule has 3 aliphatic rings. The molecule has 0 aromatic carbocycles. The highest BCUT2D eigenvalue weighted by Gasteiger charge is 2.35. The fourth-order valence-electron chi connectivity index (χ4n) is 4.31. The zero-order valence-electron chi connectivity index (χ0n) is 15.3. The number of rotatable bonds is 3. The largest absolute Gasteiger partial charge is 0.350 e. The quantitative estimate of drug-likeness (QED) is 0.785. The van der Waals surface area contributed by atoms with Crippen LogP contribution in [0.15, 0.2) is 24.5 Å². The summed E-state index contributed by atoms with van der Waals surface area (Å²) in [6, 6.07) is 4.04. The molecule has 0 N–H and O–H groups in total. The Morgan fingerprint density at radius 2 is 2.00 bits per heavy atom. The van der Waals surface area contributed by atoms with E-state index in [0.717, 1.165) is 54.4 Å². The fraction of sp³-hybridized carbons (Fsp3) is 0.550. The topological polar surface area (TPSA) is 43.7 Å². The van der Waals surface area contributed by atoms with Crippen molar-refractivity contribution in [1.82, 2.24) is 9.47 Å². The van der Waals surface area contributed by atoms with E-state index < -0.39 is 0 Å². The minimum Gasteiger partial charge on any atom is -0.350 e. The lowest BCUT2D eigenvalue weighted by Gasteiger charge is -2.35. The number of likely N-dealkylation sites (tertiary alicyclic amines) is 1. The molecule has 2 saturated heterocycles. The third kappa shape index (κ3) is 3.35. The van der Waals surface area contributed by atoms with Crippen LogP contribution in [0.1, 0.15) is 33.6 Å². The number of piperidine rings is 1. The molecule has 1 unspecified atom stereocenters. The van der Waals surface area contributed by atoms with Gasteiger partial charge in [-0.3, -0.25) is 4.79 Å². The number of fused-ring (bicyclic) bond motifs is 1. The van der Waals surface area contributed by atoms with Gasteiger partial charge in [0.15, 0.2) is 6.29 Å². The van der Waals surface area contributed by atoms with Crippen LogP contribution in [0, 0.1) is 5.92 Å². The number of hydrogen-bond acceptors (Lipinski definition) is 5. The highest BCUT2D eigenvalue weighted by molar-refractivity contribution is 7.98. The lowest BCUT2D eigenvalue weighted by molar-refractivity contribution is -0.0969. The highest BCUT2D eigenvalue weighted by atomic mass is 32.2. The Morgan fingerprint density at radius 1 is 1.19 bits per heavy atom. The maximum Gasteiger partial charge on any atom is 0.257 e. The lowest BCUT2D eigenvalue weighted by atomic mass is 9.96. The first kappa shape index (κ1) is 17.8. The van der Waals surface area contributed by atoms with E-state index in [4.69, 9.17) is 9.47 Å². The fourth-order valence-corrected chi connectivity index (χ4v) is 6.75. The van der Waals surface area contributed by atoms with Gasteiger partial charge in [0.05, 0.1) is 18.8 Å². The Bertz CT molecular complexity index is 812. The summed E-state index contributed by atoms with van der Waals surface area (Å²) >= 11 is 3.75. The van der Waals surface area contributed by atoms with Crippen molar-refractivity contribution in [2.24, 2.45) is 5.92 Å². The first-order valence-corrected chi connectivity index (χ1v) is 11.7. The van der Waals surface area contributed by atoms with Crippen LogP contribution in [0.4, 0.5) is 0 Å². The number of carbonyl (C=O) groups is 1. The summed E-state index contributed by atoms with van der Waals surface area (Å²) in [5.74, 6) is 2.59. The first-order chi connectivity index (χ1) is 13.3. The molecule has 5 nitrogen and oxygen atoms in total. The highest BCUT2D eigenvalue weighted by Crippen LogP contribution is 2.39. The lowest BCUT2D eigenvalue weighted by Crippen LogP contribution is -2.44. The number of hydrogen-bond donors (Lipinski definition) is 0. The van der Waals surface area contributed by atoms with Gasteiger partial charge in [0.25, 0.3) is 5.91 Å². The zero-order chi connectivity index (χ0) is 18.2. The van der Waals surface area contributed by atoms with Crippen molar-refractivity contribution in [3.63, 3.8) is 0 Å². The molecule has 0 spiro atoms. The number of ether oxygens (including phenoxy) is 2. The number of nitrogens with zero attached hydrogens (tertiary/aromatic N) is 2. The molecule has 0 bridgehead atoms. The number of thioether (sulfide) groups is 1. The minimum absolute atomic E-state index is 0.141. The average Bonchev–Trinajstić information content (AvgIpc) is 3.47. The predicted molar refractivity (Wildman–Crippen MR) is 108 cm³/mol. The van der Waals surface area contributed by atoms with Gasteiger partial charge in [0, 0.05) is 42.0 Å². The van der Waals surface area contributed by atoms with E-state index in [1.807, 2.05) is 41.2 Å². The van der Waals surface area contributed by atoms with Crippen molar-refractivity contribution in [2.75, 3.05) is 32.1 Å². The van der Waals surface area contributed by atoms with E-state index in [1.165, 1.54) is 10.4 Å². The van der Waals surface area contributed by atoms with Crippen molar-refractivity contribution in [1.29, 1.82) is 0 Å². The second-order valence-electron chi connectivity index (χ2n) is 7.34. The van der Waals surface area contributed by atoms with Crippen LogP contribution < -0.4 is 0 Å². The number of thiophene rings is 1. The van der Waals surface area contributed by atoms with Gasteiger partial charge in [0.2, 0.25) is 0 Å². The number of carbonyl (C=O) groups excluding carboxylic acids is 1. The van der Waals surface area contributed by atoms with Crippen molar-refractivity contribution >= 4 is 29.0 Å². The summed E-state index contributed by atoms with van der Waals surface area (Å²) < 4.78 is 13.5. The van der Waals surface area contributed by atoms with Gasteiger partial charge in [-0.05, 0) is 42.7 Å². The summed E-state index contributed by atoms with van der Waals surface area (Å²) in [6.07, 6.45) is 7.02. The smallest absolute Gasteiger partial charge is 0.257 e. The van der Waals surface area contributed by atoms with Crippen LogP contribution in [0.2, 0.25) is 0 Å². The Labute approximate surface area is 167 Å². The Balaban J connectivity index is 1.46. The average molecular weight is 405 g/mol. The van der Waals surface area contributed by atoms with E-state index in [-0.39, 0.29) is 18.1 Å². The zero-order valence-corrected chi connectivity index (χ0v) is 16.9. The van der Waals surface area contributed by atoms with E-state index in [9.17, 15) is 4.79 Å². The molecule has 3 aliphatic heterocycles. The van der Waals surface area contributed by atoms with Crippen molar-refractivity contribution < 1.29 is 14.3 Å². The molecular weight excluding hydrogens is 380 g/mol. The van der Waals surface area contributed by atoms with E-state index in [0.29, 0.717) is 13.2 Å². The third-order valence-corrected chi connectivity index (χ3v) is 8.05. The van der Waals surface area contributed by atoms with Crippen molar-refractivity contribution in [3.05, 3.63) is 40.5 Å². The van der Waals surface area contributed by atoms with Crippen molar-refractivity contribution in [2.45, 2.75) is 31.3 Å². The van der Waals surface area contributed by atoms with Crippen LogP contribution in [0.5, 0.6) is 0 Å². The molecule has 2 aromatic heterocycles.